The minimum atomic E-state index is -3.56. The molecule has 7 nitrogen and oxygen atoms in total. The third kappa shape index (κ3) is 5.45. The van der Waals surface area contributed by atoms with Gasteiger partial charge in [-0.1, -0.05) is 24.3 Å². The zero-order valence-electron chi connectivity index (χ0n) is 16.5. The average Bonchev–Trinajstić information content (AvgIpc) is 2.73. The second kappa shape index (κ2) is 8.91. The number of sulfone groups is 1. The first-order chi connectivity index (χ1) is 13.9. The van der Waals surface area contributed by atoms with Crippen LogP contribution >= 0.6 is 0 Å². The van der Waals surface area contributed by atoms with Crippen molar-refractivity contribution in [3.05, 3.63) is 60.2 Å². The van der Waals surface area contributed by atoms with E-state index in [4.69, 9.17) is 9.47 Å². The maximum Gasteiger partial charge on any atom is 0.249 e. The van der Waals surface area contributed by atoms with Gasteiger partial charge in [0.15, 0.2) is 0 Å². The van der Waals surface area contributed by atoms with Crippen molar-refractivity contribution in [2.75, 3.05) is 32.3 Å². The van der Waals surface area contributed by atoms with E-state index in [0.717, 1.165) is 29.6 Å². The summed E-state index contributed by atoms with van der Waals surface area (Å²) >= 11 is 0. The number of anilines is 1. The average molecular weight is 413 g/mol. The van der Waals surface area contributed by atoms with Gasteiger partial charge in [-0.25, -0.2) is 18.4 Å². The Hall–Kier alpha value is -3.13. The SMILES string of the molecule is COc1ccc(CCNc2cc(-c3cccc(OC)c3)nc(S(C)(=O)=O)n2)cc1. The molecule has 0 aliphatic rings. The third-order valence-corrected chi connectivity index (χ3v) is 5.13. The summed E-state index contributed by atoms with van der Waals surface area (Å²) in [6.07, 6.45) is 1.84. The summed E-state index contributed by atoms with van der Waals surface area (Å²) in [5.41, 5.74) is 2.38. The molecule has 0 unspecified atom stereocenters. The van der Waals surface area contributed by atoms with E-state index in [1.165, 1.54) is 0 Å². The molecule has 8 heteroatoms. The fourth-order valence-electron chi connectivity index (χ4n) is 2.74. The second-order valence-electron chi connectivity index (χ2n) is 6.45. The Balaban J connectivity index is 1.83. The molecule has 0 fully saturated rings. The molecule has 152 valence electrons. The predicted molar refractivity (Wildman–Crippen MR) is 112 cm³/mol. The summed E-state index contributed by atoms with van der Waals surface area (Å²) < 4.78 is 34.5. The lowest BCUT2D eigenvalue weighted by atomic mass is 10.1. The zero-order valence-corrected chi connectivity index (χ0v) is 17.4. The molecule has 0 aliphatic heterocycles. The van der Waals surface area contributed by atoms with Crippen LogP contribution in [0, 0.1) is 0 Å². The van der Waals surface area contributed by atoms with E-state index < -0.39 is 9.84 Å². The molecule has 0 saturated carbocycles. The molecule has 2 aromatic carbocycles. The van der Waals surface area contributed by atoms with Crippen molar-refractivity contribution in [3.63, 3.8) is 0 Å². The Morgan fingerprint density at radius 3 is 2.31 bits per heavy atom. The maximum absolute atomic E-state index is 12.1. The second-order valence-corrected chi connectivity index (χ2v) is 8.36. The van der Waals surface area contributed by atoms with Crippen molar-refractivity contribution in [3.8, 4) is 22.8 Å². The van der Waals surface area contributed by atoms with Crippen LogP contribution in [0.5, 0.6) is 11.5 Å². The Kier molecular flexibility index (Phi) is 6.33. The van der Waals surface area contributed by atoms with Crippen LogP contribution in [-0.2, 0) is 16.3 Å². The fourth-order valence-corrected chi connectivity index (χ4v) is 3.27. The highest BCUT2D eigenvalue weighted by molar-refractivity contribution is 7.90. The van der Waals surface area contributed by atoms with Crippen molar-refractivity contribution in [1.82, 2.24) is 9.97 Å². The molecular weight excluding hydrogens is 390 g/mol. The quantitative estimate of drug-likeness (QED) is 0.567. The van der Waals surface area contributed by atoms with Gasteiger partial charge in [-0.3, -0.25) is 0 Å². The highest BCUT2D eigenvalue weighted by Gasteiger charge is 2.15. The lowest BCUT2D eigenvalue weighted by molar-refractivity contribution is 0.414. The van der Waals surface area contributed by atoms with E-state index in [1.54, 1.807) is 26.4 Å². The standard InChI is InChI=1S/C21H23N3O4S/c1-27-17-9-7-15(8-10-17)11-12-22-20-14-19(23-21(24-20)29(3,25)26)16-5-4-6-18(13-16)28-2/h4-10,13-14H,11-12H2,1-3H3,(H,22,23,24). The van der Waals surface area contributed by atoms with Gasteiger partial charge in [-0.2, -0.15) is 0 Å². The highest BCUT2D eigenvalue weighted by atomic mass is 32.2. The number of nitrogens with one attached hydrogen (secondary N) is 1. The molecule has 0 radical (unpaired) electrons. The van der Waals surface area contributed by atoms with Crippen LogP contribution in [0.15, 0.2) is 59.8 Å². The van der Waals surface area contributed by atoms with Gasteiger partial charge in [0.2, 0.25) is 15.0 Å². The molecular formula is C21H23N3O4S. The number of aromatic nitrogens is 2. The smallest absolute Gasteiger partial charge is 0.249 e. The normalized spacial score (nSPS) is 11.1. The number of hydrogen-bond donors (Lipinski definition) is 1. The summed E-state index contributed by atoms with van der Waals surface area (Å²) in [6, 6.07) is 16.8. The van der Waals surface area contributed by atoms with Crippen LogP contribution in [0.25, 0.3) is 11.3 Å². The van der Waals surface area contributed by atoms with Gasteiger partial charge < -0.3 is 14.8 Å². The Labute approximate surface area is 170 Å². The zero-order chi connectivity index (χ0) is 20.9. The van der Waals surface area contributed by atoms with Gasteiger partial charge in [0.05, 0.1) is 19.9 Å². The van der Waals surface area contributed by atoms with E-state index >= 15 is 0 Å². The first-order valence-corrected chi connectivity index (χ1v) is 10.9. The van der Waals surface area contributed by atoms with Gasteiger partial charge >= 0.3 is 0 Å². The topological polar surface area (TPSA) is 90.4 Å². The van der Waals surface area contributed by atoms with Crippen LogP contribution in [0.1, 0.15) is 5.56 Å². The first-order valence-electron chi connectivity index (χ1n) is 8.99. The van der Waals surface area contributed by atoms with E-state index in [-0.39, 0.29) is 5.16 Å². The molecule has 0 saturated heterocycles. The highest BCUT2D eigenvalue weighted by Crippen LogP contribution is 2.25. The number of benzene rings is 2. The van der Waals surface area contributed by atoms with Crippen LogP contribution in [0.3, 0.4) is 0 Å². The van der Waals surface area contributed by atoms with Crippen molar-refractivity contribution in [2.24, 2.45) is 0 Å². The Bertz CT molecular complexity index is 1080. The number of ether oxygens (including phenoxy) is 2. The molecule has 1 aromatic heterocycles. The van der Waals surface area contributed by atoms with Crippen LogP contribution in [0.2, 0.25) is 0 Å². The minimum absolute atomic E-state index is 0.218. The summed E-state index contributed by atoms with van der Waals surface area (Å²) in [6.45, 7) is 0.587. The maximum atomic E-state index is 12.1. The summed E-state index contributed by atoms with van der Waals surface area (Å²) in [4.78, 5) is 8.40. The van der Waals surface area contributed by atoms with Gasteiger partial charge in [0.1, 0.15) is 17.3 Å². The number of hydrogen-bond acceptors (Lipinski definition) is 7. The molecule has 0 spiro atoms. The van der Waals surface area contributed by atoms with Crippen LogP contribution < -0.4 is 14.8 Å². The summed E-state index contributed by atoms with van der Waals surface area (Å²) in [5, 5.41) is 2.98. The lowest BCUT2D eigenvalue weighted by Crippen LogP contribution is -2.11. The Morgan fingerprint density at radius 2 is 1.66 bits per heavy atom. The molecule has 29 heavy (non-hydrogen) atoms. The number of rotatable bonds is 8. The molecule has 1 N–H and O–H groups in total. The van der Waals surface area contributed by atoms with E-state index in [1.807, 2.05) is 42.5 Å². The largest absolute Gasteiger partial charge is 0.497 e. The van der Waals surface area contributed by atoms with Gasteiger partial charge in [0, 0.05) is 24.4 Å². The number of methoxy groups -OCH3 is 2. The van der Waals surface area contributed by atoms with Crippen molar-refractivity contribution < 1.29 is 17.9 Å². The van der Waals surface area contributed by atoms with E-state index in [0.29, 0.717) is 23.8 Å². The van der Waals surface area contributed by atoms with Crippen LogP contribution in [0.4, 0.5) is 5.82 Å². The van der Waals surface area contributed by atoms with Gasteiger partial charge in [-0.05, 0) is 36.2 Å². The molecule has 3 aromatic rings. The minimum Gasteiger partial charge on any atom is -0.497 e. The lowest BCUT2D eigenvalue weighted by Gasteiger charge is -2.10. The van der Waals surface area contributed by atoms with Gasteiger partial charge in [-0.15, -0.1) is 0 Å². The van der Waals surface area contributed by atoms with E-state index in [9.17, 15) is 8.42 Å². The monoisotopic (exact) mass is 413 g/mol. The fraction of sp³-hybridized carbons (Fsp3) is 0.238. The summed E-state index contributed by atoms with van der Waals surface area (Å²) in [5.74, 6) is 1.92. The molecule has 1 heterocycles. The third-order valence-electron chi connectivity index (χ3n) is 4.28. The van der Waals surface area contributed by atoms with Crippen LogP contribution in [-0.4, -0.2) is 45.4 Å². The van der Waals surface area contributed by atoms with Crippen molar-refractivity contribution >= 4 is 15.7 Å². The van der Waals surface area contributed by atoms with Gasteiger partial charge in [0.25, 0.3) is 0 Å². The van der Waals surface area contributed by atoms with Crippen molar-refractivity contribution in [2.45, 2.75) is 11.6 Å². The molecule has 0 bridgehead atoms. The molecule has 0 aliphatic carbocycles. The summed E-state index contributed by atoms with van der Waals surface area (Å²) in [7, 11) is -0.357. The Morgan fingerprint density at radius 1 is 0.931 bits per heavy atom. The molecule has 0 amide bonds. The predicted octanol–water partition coefficient (Wildman–Crippen LogP) is 3.22. The number of nitrogens with zero attached hydrogens (tertiary/aromatic N) is 2. The first kappa shape index (κ1) is 20.6. The molecule has 0 atom stereocenters. The molecule has 3 rings (SSSR count). The van der Waals surface area contributed by atoms with E-state index in [2.05, 4.69) is 15.3 Å². The van der Waals surface area contributed by atoms with Crippen molar-refractivity contribution in [1.29, 1.82) is 0 Å².